The van der Waals surface area contributed by atoms with Crippen LogP contribution in [0.5, 0.6) is 0 Å². The molecule has 1 spiro atoms. The first-order valence-corrected chi connectivity index (χ1v) is 11.6. The fourth-order valence-electron chi connectivity index (χ4n) is 5.65. The van der Waals surface area contributed by atoms with E-state index in [1.54, 1.807) is 12.4 Å². The summed E-state index contributed by atoms with van der Waals surface area (Å²) in [6, 6.07) is 0. The van der Waals surface area contributed by atoms with E-state index in [1.165, 1.54) is 0 Å². The largest absolute Gasteiger partial charge is 0.373 e. The Morgan fingerprint density at radius 1 is 1.00 bits per heavy atom. The highest BCUT2D eigenvalue weighted by atomic mass is 35.5. The van der Waals surface area contributed by atoms with Gasteiger partial charge in [-0.3, -0.25) is 4.98 Å². The van der Waals surface area contributed by atoms with E-state index in [9.17, 15) is 0 Å². The Morgan fingerprint density at radius 2 is 1.67 bits per heavy atom. The van der Waals surface area contributed by atoms with Crippen molar-refractivity contribution in [3.8, 4) is 11.3 Å². The molecule has 1 saturated heterocycles. The lowest BCUT2D eigenvalue weighted by molar-refractivity contribution is -0.238. The summed E-state index contributed by atoms with van der Waals surface area (Å²) in [5, 5.41) is 5.27. The average molecular weight is 451 g/mol. The number of pyridine rings is 1. The monoisotopic (exact) mass is 450 g/mol. The van der Waals surface area contributed by atoms with Gasteiger partial charge in [0.15, 0.2) is 5.79 Å². The molecule has 8 heteroatoms. The van der Waals surface area contributed by atoms with E-state index >= 15 is 0 Å². The van der Waals surface area contributed by atoms with Crippen molar-refractivity contribution in [3.63, 3.8) is 0 Å². The summed E-state index contributed by atoms with van der Waals surface area (Å²) in [5.74, 6) is 1.80. The van der Waals surface area contributed by atoms with Gasteiger partial charge in [0.2, 0.25) is 0 Å². The smallest absolute Gasteiger partial charge is 0.174 e. The zero-order valence-electron chi connectivity index (χ0n) is 16.6. The Hall–Kier alpha value is -1.18. The maximum atomic E-state index is 6.46. The average Bonchev–Trinajstić information content (AvgIpc) is 3.28. The Labute approximate surface area is 185 Å². The highest BCUT2D eigenvalue weighted by Gasteiger charge is 2.58. The molecule has 30 heavy (non-hydrogen) atoms. The van der Waals surface area contributed by atoms with Gasteiger partial charge in [0.25, 0.3) is 0 Å². The van der Waals surface area contributed by atoms with Crippen LogP contribution in [0.4, 0.5) is 0 Å². The third kappa shape index (κ3) is 3.11. The van der Waals surface area contributed by atoms with Crippen LogP contribution in [0.2, 0.25) is 10.0 Å². The highest BCUT2D eigenvalue weighted by Crippen LogP contribution is 2.55. The number of hydrogen-bond acceptors (Lipinski definition) is 6. The molecule has 4 aliphatic rings. The van der Waals surface area contributed by atoms with E-state index in [2.05, 4.69) is 10.1 Å². The van der Waals surface area contributed by atoms with Crippen LogP contribution in [0.25, 0.3) is 11.3 Å². The highest BCUT2D eigenvalue weighted by molar-refractivity contribution is 6.38. The molecule has 2 aromatic heterocycles. The number of nitrogens with zero attached hydrogens (tertiary/aromatic N) is 2. The van der Waals surface area contributed by atoms with Gasteiger partial charge in [-0.2, -0.15) is 0 Å². The van der Waals surface area contributed by atoms with Crippen LogP contribution in [0.3, 0.4) is 0 Å². The molecule has 4 fully saturated rings. The SMILES string of the molecule is Clc1cncc(Cl)c1-c1noc(C2CC2)c1COC1C[C@H]2CC[C@@H](C1)C21OCCO1. The molecule has 2 aromatic rings. The van der Waals surface area contributed by atoms with Gasteiger partial charge in [0.05, 0.1) is 36.0 Å². The topological polar surface area (TPSA) is 66.6 Å². The number of halogens is 2. The summed E-state index contributed by atoms with van der Waals surface area (Å²) in [6.07, 6.45) is 9.81. The van der Waals surface area contributed by atoms with Crippen molar-refractivity contribution in [1.29, 1.82) is 0 Å². The van der Waals surface area contributed by atoms with Crippen molar-refractivity contribution >= 4 is 23.2 Å². The molecule has 3 heterocycles. The molecule has 3 saturated carbocycles. The third-order valence-corrected chi connectivity index (χ3v) is 7.73. The van der Waals surface area contributed by atoms with Gasteiger partial charge >= 0.3 is 0 Å². The Balaban J connectivity index is 1.24. The molecular weight excluding hydrogens is 427 g/mol. The van der Waals surface area contributed by atoms with E-state index in [4.69, 9.17) is 41.9 Å². The summed E-state index contributed by atoms with van der Waals surface area (Å²) >= 11 is 12.8. The van der Waals surface area contributed by atoms with Crippen LogP contribution in [0.15, 0.2) is 16.9 Å². The molecule has 3 aliphatic carbocycles. The maximum Gasteiger partial charge on any atom is 0.174 e. The number of aromatic nitrogens is 2. The second-order valence-electron chi connectivity index (χ2n) is 8.92. The van der Waals surface area contributed by atoms with E-state index < -0.39 is 0 Å². The first-order chi connectivity index (χ1) is 14.7. The van der Waals surface area contributed by atoms with E-state index in [1.807, 2.05) is 0 Å². The minimum atomic E-state index is -0.348. The zero-order chi connectivity index (χ0) is 20.3. The van der Waals surface area contributed by atoms with Crippen molar-refractivity contribution in [2.75, 3.05) is 13.2 Å². The van der Waals surface area contributed by atoms with Crippen molar-refractivity contribution in [2.45, 2.75) is 62.9 Å². The van der Waals surface area contributed by atoms with E-state index in [0.717, 1.165) is 49.8 Å². The molecule has 0 N–H and O–H groups in total. The van der Waals surface area contributed by atoms with Crippen LogP contribution in [-0.4, -0.2) is 35.2 Å². The van der Waals surface area contributed by atoms with Crippen molar-refractivity contribution < 1.29 is 18.7 Å². The fraction of sp³-hybridized carbons (Fsp3) is 0.636. The second kappa shape index (κ2) is 7.45. The lowest BCUT2D eigenvalue weighted by Crippen LogP contribution is -2.47. The van der Waals surface area contributed by atoms with Gasteiger partial charge in [-0.05, 0) is 38.5 Å². The number of ether oxygens (including phenoxy) is 3. The molecule has 160 valence electrons. The molecule has 3 atom stereocenters. The predicted octanol–water partition coefficient (Wildman–Crippen LogP) is 5.37. The predicted molar refractivity (Wildman–Crippen MR) is 110 cm³/mol. The van der Waals surface area contributed by atoms with Crippen LogP contribution >= 0.6 is 23.2 Å². The van der Waals surface area contributed by atoms with Gasteiger partial charge in [-0.25, -0.2) is 0 Å². The minimum Gasteiger partial charge on any atom is -0.373 e. The zero-order valence-corrected chi connectivity index (χ0v) is 18.1. The quantitative estimate of drug-likeness (QED) is 0.609. The molecule has 6 rings (SSSR count). The molecule has 0 aromatic carbocycles. The molecule has 1 aliphatic heterocycles. The van der Waals surface area contributed by atoms with Gasteiger partial charge in [-0.15, -0.1) is 0 Å². The van der Waals surface area contributed by atoms with Crippen molar-refractivity contribution in [1.82, 2.24) is 10.1 Å². The molecule has 0 amide bonds. The van der Waals surface area contributed by atoms with E-state index in [-0.39, 0.29) is 11.9 Å². The van der Waals surface area contributed by atoms with E-state index in [0.29, 0.717) is 58.9 Å². The van der Waals surface area contributed by atoms with Crippen LogP contribution in [-0.2, 0) is 20.8 Å². The molecule has 2 bridgehead atoms. The second-order valence-corrected chi connectivity index (χ2v) is 9.73. The summed E-state index contributed by atoms with van der Waals surface area (Å²) in [6.45, 7) is 1.86. The van der Waals surface area contributed by atoms with Crippen LogP contribution in [0, 0.1) is 11.8 Å². The van der Waals surface area contributed by atoms with Crippen molar-refractivity contribution in [3.05, 3.63) is 33.8 Å². The van der Waals surface area contributed by atoms with Gasteiger partial charge in [-0.1, -0.05) is 28.4 Å². The summed E-state index contributed by atoms with van der Waals surface area (Å²) in [7, 11) is 0. The molecule has 1 unspecified atom stereocenters. The fourth-order valence-corrected chi connectivity index (χ4v) is 6.19. The number of hydrogen-bond donors (Lipinski definition) is 0. The third-order valence-electron chi connectivity index (χ3n) is 7.16. The van der Waals surface area contributed by atoms with Crippen LogP contribution in [0.1, 0.15) is 55.8 Å². The standard InChI is InChI=1S/C22H24Cl2N2O4/c23-17-9-25-10-18(24)19(17)20-16(21(30-26-20)12-1-2-12)11-27-15-7-13-3-4-14(8-15)22(13)28-5-6-29-22/h9-10,12-15H,1-8,11H2/t13-,14+,15?. The first-order valence-electron chi connectivity index (χ1n) is 10.8. The normalized spacial score (nSPS) is 29.7. The molecular formula is C22H24Cl2N2O4. The Kier molecular flexibility index (Phi) is 4.84. The summed E-state index contributed by atoms with van der Waals surface area (Å²) in [4.78, 5) is 4.05. The number of rotatable bonds is 5. The summed E-state index contributed by atoms with van der Waals surface area (Å²) < 4.78 is 24.4. The van der Waals surface area contributed by atoms with Gasteiger partial charge in [0, 0.05) is 41.3 Å². The summed E-state index contributed by atoms with van der Waals surface area (Å²) in [5.41, 5.74) is 2.30. The Morgan fingerprint density at radius 3 is 2.30 bits per heavy atom. The lowest BCUT2D eigenvalue weighted by atomic mass is 9.81. The van der Waals surface area contributed by atoms with Crippen molar-refractivity contribution in [2.24, 2.45) is 11.8 Å². The molecule has 0 radical (unpaired) electrons. The maximum absolute atomic E-state index is 6.46. The lowest BCUT2D eigenvalue weighted by Gasteiger charge is -2.41. The molecule has 6 nitrogen and oxygen atoms in total. The van der Waals surface area contributed by atoms with Gasteiger partial charge < -0.3 is 18.7 Å². The van der Waals surface area contributed by atoms with Crippen LogP contribution < -0.4 is 0 Å². The minimum absolute atomic E-state index is 0.180. The first kappa shape index (κ1) is 19.5. The van der Waals surface area contributed by atoms with Gasteiger partial charge in [0.1, 0.15) is 11.5 Å². The Bertz CT molecular complexity index is 918.